The van der Waals surface area contributed by atoms with Gasteiger partial charge in [-0.2, -0.15) is 0 Å². The van der Waals surface area contributed by atoms with Crippen molar-refractivity contribution in [2.45, 2.75) is 33.2 Å². The van der Waals surface area contributed by atoms with Crippen LogP contribution in [0.1, 0.15) is 30.9 Å². The van der Waals surface area contributed by atoms with E-state index in [2.05, 4.69) is 59.1 Å². The van der Waals surface area contributed by atoms with Gasteiger partial charge >= 0.3 is 0 Å². The van der Waals surface area contributed by atoms with Gasteiger partial charge in [0.15, 0.2) is 0 Å². The van der Waals surface area contributed by atoms with Gasteiger partial charge in [0.2, 0.25) is 6.41 Å². The molecule has 0 spiro atoms. The van der Waals surface area contributed by atoms with Gasteiger partial charge in [0, 0.05) is 13.0 Å². The monoisotopic (exact) mass is 286 g/mol. The minimum atomic E-state index is 0.250. The van der Waals surface area contributed by atoms with E-state index in [4.69, 9.17) is 4.79 Å². The summed E-state index contributed by atoms with van der Waals surface area (Å²) in [6.07, 6.45) is 3.95. The number of aryl methyl sites for hydroxylation is 2. The maximum atomic E-state index is 8.58. The second kappa shape index (κ2) is 9.47. The first kappa shape index (κ1) is 16.6. The van der Waals surface area contributed by atoms with Crippen LogP contribution in [0.5, 0.6) is 0 Å². The number of carbonyl (C=O) groups excluding carboxylic acids is 1. The lowest BCUT2D eigenvalue weighted by Crippen LogP contribution is -2.06. The van der Waals surface area contributed by atoms with Crippen LogP contribution in [0.2, 0.25) is 0 Å². The number of nitrogens with zero attached hydrogens (tertiary/aromatic N) is 2. The maximum absolute atomic E-state index is 8.58. The zero-order valence-electron chi connectivity index (χ0n) is 12.5. The summed E-state index contributed by atoms with van der Waals surface area (Å²) in [5, 5.41) is 3.41. The summed E-state index contributed by atoms with van der Waals surface area (Å²) < 4.78 is 0. The van der Waals surface area contributed by atoms with Crippen molar-refractivity contribution in [1.82, 2.24) is 9.97 Å². The second-order valence-corrected chi connectivity index (χ2v) is 4.33. The molecular formula is C16H22N4O. The Kier molecular flexibility index (Phi) is 7.50. The Morgan fingerprint density at radius 3 is 2.43 bits per heavy atom. The number of anilines is 1. The number of primary amides is 1. The molecule has 1 aromatic carbocycles. The van der Waals surface area contributed by atoms with Gasteiger partial charge in [-0.05, 0) is 12.0 Å². The number of hydrogen-bond donors (Lipinski definition) is 2. The van der Waals surface area contributed by atoms with Crippen molar-refractivity contribution in [2.24, 2.45) is 5.73 Å². The fourth-order valence-electron chi connectivity index (χ4n) is 1.84. The zero-order valence-corrected chi connectivity index (χ0v) is 12.5. The molecule has 0 unspecified atom stereocenters. The van der Waals surface area contributed by atoms with Gasteiger partial charge in [-0.3, -0.25) is 4.79 Å². The minimum absolute atomic E-state index is 0.250. The number of rotatable bonds is 5. The van der Waals surface area contributed by atoms with Crippen LogP contribution in [-0.4, -0.2) is 16.4 Å². The fraction of sp³-hybridized carbons (Fsp3) is 0.312. The highest BCUT2D eigenvalue weighted by atomic mass is 16.1. The molecule has 1 amide bonds. The topological polar surface area (TPSA) is 80.9 Å². The number of hydrogen-bond acceptors (Lipinski definition) is 4. The number of aromatic nitrogens is 2. The highest BCUT2D eigenvalue weighted by molar-refractivity contribution is 5.46. The van der Waals surface area contributed by atoms with Gasteiger partial charge in [0.25, 0.3) is 0 Å². The smallest absolute Gasteiger partial charge is 0.204 e. The van der Waals surface area contributed by atoms with E-state index in [0.29, 0.717) is 0 Å². The normalized spacial score (nSPS) is 9.43. The van der Waals surface area contributed by atoms with Gasteiger partial charge in [0.1, 0.15) is 5.82 Å². The summed E-state index contributed by atoms with van der Waals surface area (Å²) in [6.45, 7) is 5.00. The number of amides is 1. The molecule has 21 heavy (non-hydrogen) atoms. The summed E-state index contributed by atoms with van der Waals surface area (Å²) in [5.74, 6) is 0.914. The number of benzene rings is 1. The molecule has 112 valence electrons. The summed E-state index contributed by atoms with van der Waals surface area (Å²) in [7, 11) is 0. The van der Waals surface area contributed by atoms with Gasteiger partial charge in [-0.15, -0.1) is 0 Å². The van der Waals surface area contributed by atoms with Crippen LogP contribution in [0.15, 0.2) is 36.5 Å². The summed E-state index contributed by atoms with van der Waals surface area (Å²) in [6, 6.07) is 10.3. The third-order valence-corrected chi connectivity index (χ3v) is 2.89. The molecule has 0 aliphatic heterocycles. The third-order valence-electron chi connectivity index (χ3n) is 2.89. The molecule has 2 rings (SSSR count). The third kappa shape index (κ3) is 5.60. The molecule has 0 aliphatic rings. The van der Waals surface area contributed by atoms with E-state index in [0.717, 1.165) is 36.6 Å². The first-order valence-corrected chi connectivity index (χ1v) is 7.03. The Balaban J connectivity index is 0.000000677. The molecule has 1 heterocycles. The molecule has 0 atom stereocenters. The molecule has 0 saturated heterocycles. The molecular weight excluding hydrogens is 264 g/mol. The Labute approximate surface area is 125 Å². The largest absolute Gasteiger partial charge is 0.378 e. The fourth-order valence-corrected chi connectivity index (χ4v) is 1.84. The number of nitrogens with two attached hydrogens (primary N) is 1. The van der Waals surface area contributed by atoms with Crippen LogP contribution in [-0.2, 0) is 24.2 Å². The number of carbonyl (C=O) groups is 1. The van der Waals surface area contributed by atoms with Crippen molar-refractivity contribution in [3.63, 3.8) is 0 Å². The SMILES string of the molecule is CCc1ncc(NCc2ccccc2)c(CC)n1.NC=O. The second-order valence-electron chi connectivity index (χ2n) is 4.33. The van der Waals surface area contributed by atoms with Crippen molar-refractivity contribution in [1.29, 1.82) is 0 Å². The van der Waals surface area contributed by atoms with Crippen LogP contribution < -0.4 is 11.1 Å². The van der Waals surface area contributed by atoms with Crippen molar-refractivity contribution < 1.29 is 4.79 Å². The molecule has 5 nitrogen and oxygen atoms in total. The van der Waals surface area contributed by atoms with Gasteiger partial charge in [-0.25, -0.2) is 9.97 Å². The van der Waals surface area contributed by atoms with Crippen LogP contribution >= 0.6 is 0 Å². The first-order chi connectivity index (χ1) is 10.2. The minimum Gasteiger partial charge on any atom is -0.378 e. The predicted octanol–water partition coefficient (Wildman–Crippen LogP) is 2.31. The average molecular weight is 286 g/mol. The first-order valence-electron chi connectivity index (χ1n) is 7.03. The molecule has 0 radical (unpaired) electrons. The molecule has 5 heteroatoms. The lowest BCUT2D eigenvalue weighted by molar-refractivity contribution is -0.106. The summed E-state index contributed by atoms with van der Waals surface area (Å²) in [4.78, 5) is 17.5. The average Bonchev–Trinajstić information content (AvgIpc) is 2.54. The van der Waals surface area contributed by atoms with Crippen LogP contribution in [0.4, 0.5) is 5.69 Å². The standard InChI is InChI=1S/C15H19N3.CH3NO/c1-3-13-14(11-17-15(4-2)18-13)16-10-12-8-6-5-7-9-12;2-1-3/h5-9,11,16H,3-4,10H2,1-2H3;1H,(H2,2,3). The molecule has 2 aromatic rings. The lowest BCUT2D eigenvalue weighted by atomic mass is 10.2. The Bertz CT molecular complexity index is 543. The van der Waals surface area contributed by atoms with Crippen LogP contribution in [0.3, 0.4) is 0 Å². The summed E-state index contributed by atoms with van der Waals surface area (Å²) >= 11 is 0. The Morgan fingerprint density at radius 2 is 1.86 bits per heavy atom. The van der Waals surface area contributed by atoms with Crippen molar-refractivity contribution in [2.75, 3.05) is 5.32 Å². The van der Waals surface area contributed by atoms with E-state index in [1.807, 2.05) is 12.3 Å². The van der Waals surface area contributed by atoms with E-state index < -0.39 is 0 Å². The van der Waals surface area contributed by atoms with E-state index in [1.54, 1.807) is 0 Å². The highest BCUT2D eigenvalue weighted by Crippen LogP contribution is 2.14. The maximum Gasteiger partial charge on any atom is 0.204 e. The predicted molar refractivity (Wildman–Crippen MR) is 84.8 cm³/mol. The van der Waals surface area contributed by atoms with Crippen molar-refractivity contribution >= 4 is 12.1 Å². The van der Waals surface area contributed by atoms with Gasteiger partial charge in [0.05, 0.1) is 17.6 Å². The molecule has 0 saturated carbocycles. The summed E-state index contributed by atoms with van der Waals surface area (Å²) in [5.41, 5.74) is 7.57. The molecule has 0 fully saturated rings. The Hall–Kier alpha value is -2.43. The number of nitrogens with one attached hydrogen (secondary N) is 1. The van der Waals surface area contributed by atoms with Crippen LogP contribution in [0, 0.1) is 0 Å². The van der Waals surface area contributed by atoms with E-state index in [1.165, 1.54) is 5.56 Å². The van der Waals surface area contributed by atoms with Crippen molar-refractivity contribution in [3.05, 3.63) is 53.6 Å². The van der Waals surface area contributed by atoms with E-state index >= 15 is 0 Å². The molecule has 0 aliphatic carbocycles. The Morgan fingerprint density at radius 1 is 1.19 bits per heavy atom. The molecule has 3 N–H and O–H groups in total. The van der Waals surface area contributed by atoms with E-state index in [-0.39, 0.29) is 6.41 Å². The molecule has 1 aromatic heterocycles. The van der Waals surface area contributed by atoms with E-state index in [9.17, 15) is 0 Å². The van der Waals surface area contributed by atoms with Gasteiger partial charge in [-0.1, -0.05) is 44.2 Å². The van der Waals surface area contributed by atoms with Crippen molar-refractivity contribution in [3.8, 4) is 0 Å². The molecule has 0 bridgehead atoms. The zero-order chi connectivity index (χ0) is 15.5. The van der Waals surface area contributed by atoms with Gasteiger partial charge < -0.3 is 11.1 Å². The van der Waals surface area contributed by atoms with Crippen LogP contribution in [0.25, 0.3) is 0 Å². The lowest BCUT2D eigenvalue weighted by Gasteiger charge is -2.10. The quantitative estimate of drug-likeness (QED) is 0.826. The highest BCUT2D eigenvalue weighted by Gasteiger charge is 2.04.